The van der Waals surface area contributed by atoms with E-state index in [9.17, 15) is 20.1 Å². The molecule has 0 aliphatic heterocycles. The van der Waals surface area contributed by atoms with Gasteiger partial charge in [0.15, 0.2) is 11.5 Å². The van der Waals surface area contributed by atoms with Crippen molar-refractivity contribution >= 4 is 22.7 Å². The molecule has 0 unspecified atom stereocenters. The van der Waals surface area contributed by atoms with E-state index in [0.29, 0.717) is 22.6 Å². The standard InChI is InChI=1S/C36H46N2O4/c1-3-5-7-11-25-15-19-27(20-16-25)35(39)41-33-29-13-9-10-14-30(29)34(32(24-38)31(33)23-37)42-36(40)28-21-17-26(18-22-28)12-8-6-4-2/h9-10,13-14,25-28H,3-8,11-12,15-22H2,1-2H3. The second-order valence-corrected chi connectivity index (χ2v) is 12.4. The van der Waals surface area contributed by atoms with Crippen molar-refractivity contribution in [2.75, 3.05) is 0 Å². The summed E-state index contributed by atoms with van der Waals surface area (Å²) in [7, 11) is 0. The van der Waals surface area contributed by atoms with Crippen molar-refractivity contribution in [1.29, 1.82) is 10.5 Å². The van der Waals surface area contributed by atoms with Crippen LogP contribution in [0.25, 0.3) is 10.8 Å². The van der Waals surface area contributed by atoms with Gasteiger partial charge in [-0.2, -0.15) is 10.5 Å². The summed E-state index contributed by atoms with van der Waals surface area (Å²) in [6.45, 7) is 4.42. The zero-order chi connectivity index (χ0) is 29.9. The average molecular weight is 571 g/mol. The molecule has 6 heteroatoms. The smallest absolute Gasteiger partial charge is 0.314 e. The first kappa shape index (κ1) is 31.6. The lowest BCUT2D eigenvalue weighted by molar-refractivity contribution is -0.141. The highest BCUT2D eigenvalue weighted by atomic mass is 16.5. The van der Waals surface area contributed by atoms with E-state index in [1.807, 2.05) is 0 Å². The lowest BCUT2D eigenvalue weighted by atomic mass is 9.80. The molecule has 4 rings (SSSR count). The molecule has 0 heterocycles. The highest BCUT2D eigenvalue weighted by Crippen LogP contribution is 2.42. The Morgan fingerprint density at radius 3 is 1.38 bits per heavy atom. The van der Waals surface area contributed by atoms with Crippen molar-refractivity contribution in [3.63, 3.8) is 0 Å². The van der Waals surface area contributed by atoms with Gasteiger partial charge in [-0.3, -0.25) is 9.59 Å². The first-order valence-corrected chi connectivity index (χ1v) is 16.3. The van der Waals surface area contributed by atoms with Gasteiger partial charge in [0.1, 0.15) is 23.3 Å². The lowest BCUT2D eigenvalue weighted by Crippen LogP contribution is -2.27. The van der Waals surface area contributed by atoms with E-state index >= 15 is 0 Å². The van der Waals surface area contributed by atoms with Gasteiger partial charge in [-0.15, -0.1) is 0 Å². The summed E-state index contributed by atoms with van der Waals surface area (Å²) in [5.74, 6) is 0.341. The zero-order valence-corrected chi connectivity index (χ0v) is 25.5. The summed E-state index contributed by atoms with van der Waals surface area (Å²) in [6.07, 6.45) is 16.9. The summed E-state index contributed by atoms with van der Waals surface area (Å²) >= 11 is 0. The number of nitrogens with zero attached hydrogens (tertiary/aromatic N) is 2. The topological polar surface area (TPSA) is 100 Å². The minimum Gasteiger partial charge on any atom is -0.424 e. The molecular formula is C36H46N2O4. The summed E-state index contributed by atoms with van der Waals surface area (Å²) in [6, 6.07) is 11.3. The number of fused-ring (bicyclic) bond motifs is 1. The van der Waals surface area contributed by atoms with Crippen molar-refractivity contribution in [3.05, 3.63) is 35.4 Å². The van der Waals surface area contributed by atoms with Crippen LogP contribution in [0.5, 0.6) is 11.5 Å². The minimum absolute atomic E-state index is 0.0553. The molecule has 2 aliphatic rings. The van der Waals surface area contributed by atoms with Crippen molar-refractivity contribution < 1.29 is 19.1 Å². The summed E-state index contributed by atoms with van der Waals surface area (Å²) in [5.41, 5.74) is -0.111. The van der Waals surface area contributed by atoms with E-state index < -0.39 is 0 Å². The number of benzene rings is 2. The van der Waals surface area contributed by atoms with Crippen molar-refractivity contribution in [2.24, 2.45) is 23.7 Å². The van der Waals surface area contributed by atoms with E-state index in [1.165, 1.54) is 51.4 Å². The Morgan fingerprint density at radius 2 is 1.05 bits per heavy atom. The molecule has 2 aliphatic carbocycles. The maximum atomic E-state index is 13.3. The Hall–Kier alpha value is -3.38. The van der Waals surface area contributed by atoms with Crippen molar-refractivity contribution in [3.8, 4) is 23.6 Å². The molecule has 2 saturated carbocycles. The number of hydrogen-bond donors (Lipinski definition) is 0. The molecular weight excluding hydrogens is 524 g/mol. The molecule has 42 heavy (non-hydrogen) atoms. The third-order valence-corrected chi connectivity index (χ3v) is 9.54. The van der Waals surface area contributed by atoms with Gasteiger partial charge in [0.25, 0.3) is 0 Å². The lowest BCUT2D eigenvalue weighted by Gasteiger charge is -2.28. The molecule has 2 aromatic rings. The van der Waals surface area contributed by atoms with Crippen LogP contribution >= 0.6 is 0 Å². The predicted molar refractivity (Wildman–Crippen MR) is 164 cm³/mol. The van der Waals surface area contributed by atoms with Crippen LogP contribution in [0.4, 0.5) is 0 Å². The molecule has 0 spiro atoms. The molecule has 2 aromatic carbocycles. The van der Waals surface area contributed by atoms with Crippen LogP contribution < -0.4 is 9.47 Å². The first-order valence-electron chi connectivity index (χ1n) is 16.3. The zero-order valence-electron chi connectivity index (χ0n) is 25.5. The largest absolute Gasteiger partial charge is 0.424 e. The number of carbonyl (C=O) groups is 2. The highest BCUT2D eigenvalue weighted by molar-refractivity contribution is 6.00. The number of unbranched alkanes of at least 4 members (excludes halogenated alkanes) is 4. The molecule has 0 aromatic heterocycles. The third kappa shape index (κ3) is 7.71. The quantitative estimate of drug-likeness (QED) is 0.143. The fourth-order valence-corrected chi connectivity index (χ4v) is 6.91. The van der Waals surface area contributed by atoms with Gasteiger partial charge in [0.05, 0.1) is 11.8 Å². The Kier molecular flexibility index (Phi) is 11.8. The predicted octanol–water partition coefficient (Wildman–Crippen LogP) is 9.17. The van der Waals surface area contributed by atoms with Gasteiger partial charge < -0.3 is 9.47 Å². The summed E-state index contributed by atoms with van der Waals surface area (Å²) in [4.78, 5) is 26.6. The first-order chi connectivity index (χ1) is 20.5. The van der Waals surface area contributed by atoms with Crippen LogP contribution in [0.1, 0.15) is 128 Å². The van der Waals surface area contributed by atoms with Crippen LogP contribution in [0, 0.1) is 46.3 Å². The van der Waals surface area contributed by atoms with Crippen molar-refractivity contribution in [1.82, 2.24) is 0 Å². The van der Waals surface area contributed by atoms with Gasteiger partial charge in [-0.25, -0.2) is 0 Å². The van der Waals surface area contributed by atoms with Gasteiger partial charge in [0.2, 0.25) is 0 Å². The van der Waals surface area contributed by atoms with E-state index in [0.717, 1.165) is 51.4 Å². The van der Waals surface area contributed by atoms with E-state index in [-0.39, 0.29) is 46.4 Å². The highest BCUT2D eigenvalue weighted by Gasteiger charge is 2.32. The van der Waals surface area contributed by atoms with Crippen LogP contribution in [0.3, 0.4) is 0 Å². The number of carbonyl (C=O) groups excluding carboxylic acids is 2. The molecule has 2 fully saturated rings. The Morgan fingerprint density at radius 1 is 0.667 bits per heavy atom. The van der Waals surface area contributed by atoms with Gasteiger partial charge in [0, 0.05) is 10.8 Å². The van der Waals surface area contributed by atoms with Crippen LogP contribution in [-0.2, 0) is 9.59 Å². The third-order valence-electron chi connectivity index (χ3n) is 9.54. The SMILES string of the molecule is CCCCCC1CCC(C(=O)Oc2c(C#N)c(C#N)c(OC(=O)C3CCC(CCCCC)CC3)c3ccccc23)CC1. The summed E-state index contributed by atoms with van der Waals surface area (Å²) in [5, 5.41) is 21.3. The molecule has 6 nitrogen and oxygen atoms in total. The van der Waals surface area contributed by atoms with Gasteiger partial charge in [-0.05, 0) is 63.2 Å². The fraction of sp³-hybridized carbons (Fsp3) is 0.611. The maximum absolute atomic E-state index is 13.3. The van der Waals surface area contributed by atoms with Crippen molar-refractivity contribution in [2.45, 2.75) is 117 Å². The van der Waals surface area contributed by atoms with E-state index in [2.05, 4.69) is 26.0 Å². The van der Waals surface area contributed by atoms with Crippen LogP contribution in [0.15, 0.2) is 24.3 Å². The molecule has 0 saturated heterocycles. The monoisotopic (exact) mass is 570 g/mol. The number of nitriles is 2. The molecule has 0 radical (unpaired) electrons. The second kappa shape index (κ2) is 15.7. The van der Waals surface area contributed by atoms with Gasteiger partial charge >= 0.3 is 11.9 Å². The average Bonchev–Trinajstić information content (AvgIpc) is 3.02. The molecule has 0 N–H and O–H groups in total. The molecule has 224 valence electrons. The maximum Gasteiger partial charge on any atom is 0.314 e. The van der Waals surface area contributed by atoms with E-state index in [1.54, 1.807) is 24.3 Å². The number of esters is 2. The molecule has 0 bridgehead atoms. The van der Waals surface area contributed by atoms with E-state index in [4.69, 9.17) is 9.47 Å². The molecule has 0 amide bonds. The molecule has 0 atom stereocenters. The normalized spacial score (nSPS) is 22.2. The Labute approximate surface area is 251 Å². The van der Waals surface area contributed by atoms with Gasteiger partial charge in [-0.1, -0.05) is 89.5 Å². The summed E-state index contributed by atoms with van der Waals surface area (Å²) < 4.78 is 11.9. The van der Waals surface area contributed by atoms with Crippen LogP contribution in [0.2, 0.25) is 0 Å². The Balaban J connectivity index is 1.50. The van der Waals surface area contributed by atoms with Crippen LogP contribution in [-0.4, -0.2) is 11.9 Å². The second-order valence-electron chi connectivity index (χ2n) is 12.4. The number of ether oxygens (including phenoxy) is 2. The fourth-order valence-electron chi connectivity index (χ4n) is 6.91. The Bertz CT molecular complexity index is 1200. The number of rotatable bonds is 12. The number of hydrogen-bond acceptors (Lipinski definition) is 6. The minimum atomic E-state index is -0.354.